The summed E-state index contributed by atoms with van der Waals surface area (Å²) in [6.07, 6.45) is 1.87. The molecule has 0 saturated heterocycles. The summed E-state index contributed by atoms with van der Waals surface area (Å²) in [4.78, 5) is 0. The van der Waals surface area contributed by atoms with Gasteiger partial charge in [0.2, 0.25) is 0 Å². The largest absolute Gasteiger partial charge is 0.493 e. The van der Waals surface area contributed by atoms with Crippen LogP contribution in [0.2, 0.25) is 0 Å². The minimum Gasteiger partial charge on any atom is -0.493 e. The highest BCUT2D eigenvalue weighted by molar-refractivity contribution is 5.47. The quantitative estimate of drug-likeness (QED) is 0.646. The second-order valence-corrected chi connectivity index (χ2v) is 4.17. The van der Waals surface area contributed by atoms with Crippen LogP contribution in [0.15, 0.2) is 12.1 Å². The Balaban J connectivity index is 2.56. The topological polar surface area (TPSA) is 33.0 Å². The fourth-order valence-corrected chi connectivity index (χ4v) is 2.25. The molecule has 1 aliphatic rings. The summed E-state index contributed by atoms with van der Waals surface area (Å²) in [5, 5.41) is 9.15. The van der Waals surface area contributed by atoms with Gasteiger partial charge in [-0.25, -0.2) is 0 Å². The number of hydrogen-bond acceptors (Lipinski definition) is 2. The molecule has 0 fully saturated rings. The number of nitrogens with zero attached hydrogens (tertiary/aromatic N) is 1. The van der Waals surface area contributed by atoms with Crippen LogP contribution in [0.1, 0.15) is 35.4 Å². The molecular formula is C13H15NO. The maximum Gasteiger partial charge on any atom is 0.124 e. The predicted molar refractivity (Wildman–Crippen MR) is 59.0 cm³/mol. The summed E-state index contributed by atoms with van der Waals surface area (Å²) in [7, 11) is 0. The van der Waals surface area contributed by atoms with Gasteiger partial charge in [-0.05, 0) is 43.9 Å². The number of ether oxygens (including phenoxy) is 1. The maximum absolute atomic E-state index is 9.15. The van der Waals surface area contributed by atoms with Crippen molar-refractivity contribution in [2.45, 2.75) is 32.6 Å². The van der Waals surface area contributed by atoms with Crippen LogP contribution in [0.25, 0.3) is 0 Å². The van der Waals surface area contributed by atoms with Gasteiger partial charge in [0, 0.05) is 5.56 Å². The Morgan fingerprint density at radius 3 is 2.93 bits per heavy atom. The third-order valence-electron chi connectivity index (χ3n) is 2.89. The zero-order valence-corrected chi connectivity index (χ0v) is 9.21. The molecule has 1 atom stereocenters. The number of nitriles is 1. The normalized spacial score (nSPS) is 19.7. The average Bonchev–Trinajstić information content (AvgIpc) is 2.39. The summed E-state index contributed by atoms with van der Waals surface area (Å²) in [6.45, 7) is 4.85. The van der Waals surface area contributed by atoms with E-state index in [4.69, 9.17) is 10.00 Å². The molecular weight excluding hydrogens is 186 g/mol. The molecule has 0 amide bonds. The van der Waals surface area contributed by atoms with Crippen molar-refractivity contribution in [3.8, 4) is 11.8 Å². The molecule has 0 N–H and O–H groups in total. The fraction of sp³-hybridized carbons (Fsp3) is 0.462. The molecule has 1 aromatic rings. The first-order valence-electron chi connectivity index (χ1n) is 5.36. The monoisotopic (exact) mass is 201 g/mol. The molecule has 2 heteroatoms. The predicted octanol–water partition coefficient (Wildman–Crippen LogP) is 3.08. The van der Waals surface area contributed by atoms with Gasteiger partial charge >= 0.3 is 0 Å². The molecule has 15 heavy (non-hydrogen) atoms. The van der Waals surface area contributed by atoms with Crippen molar-refractivity contribution in [3.63, 3.8) is 0 Å². The molecule has 1 aromatic carbocycles. The van der Waals surface area contributed by atoms with Gasteiger partial charge in [-0.2, -0.15) is 5.26 Å². The van der Waals surface area contributed by atoms with Crippen LogP contribution in [0.3, 0.4) is 0 Å². The molecule has 0 aliphatic carbocycles. The van der Waals surface area contributed by atoms with Crippen LogP contribution in [0.4, 0.5) is 0 Å². The van der Waals surface area contributed by atoms with E-state index in [1.54, 1.807) is 0 Å². The van der Waals surface area contributed by atoms with Crippen molar-refractivity contribution in [2.75, 3.05) is 6.61 Å². The van der Waals surface area contributed by atoms with Crippen molar-refractivity contribution in [1.29, 1.82) is 5.26 Å². The van der Waals surface area contributed by atoms with Gasteiger partial charge in [0.1, 0.15) is 5.75 Å². The molecule has 1 aliphatic heterocycles. The first-order valence-corrected chi connectivity index (χ1v) is 5.36. The minimum atomic E-state index is 0.00287. The first-order chi connectivity index (χ1) is 7.22. The van der Waals surface area contributed by atoms with E-state index < -0.39 is 0 Å². The van der Waals surface area contributed by atoms with Gasteiger partial charge in [-0.15, -0.1) is 0 Å². The van der Waals surface area contributed by atoms with E-state index >= 15 is 0 Å². The van der Waals surface area contributed by atoms with Gasteiger partial charge in [0.05, 0.1) is 18.6 Å². The molecule has 0 saturated carbocycles. The second-order valence-electron chi connectivity index (χ2n) is 4.17. The molecule has 1 unspecified atom stereocenters. The highest BCUT2D eigenvalue weighted by Gasteiger charge is 2.21. The smallest absolute Gasteiger partial charge is 0.124 e. The van der Waals surface area contributed by atoms with Gasteiger partial charge in [-0.1, -0.05) is 6.07 Å². The maximum atomic E-state index is 9.15. The molecule has 78 valence electrons. The lowest BCUT2D eigenvalue weighted by molar-refractivity contribution is 0.316. The van der Waals surface area contributed by atoms with Crippen molar-refractivity contribution in [3.05, 3.63) is 28.8 Å². The van der Waals surface area contributed by atoms with E-state index in [9.17, 15) is 0 Å². The van der Waals surface area contributed by atoms with Crippen LogP contribution >= 0.6 is 0 Å². The number of aryl methyl sites for hydroxylation is 2. The third-order valence-corrected chi connectivity index (χ3v) is 2.89. The third kappa shape index (κ3) is 1.83. The van der Waals surface area contributed by atoms with E-state index in [0.717, 1.165) is 30.8 Å². The van der Waals surface area contributed by atoms with Crippen LogP contribution in [0, 0.1) is 25.2 Å². The first kappa shape index (κ1) is 10.0. The Morgan fingerprint density at radius 2 is 2.20 bits per heavy atom. The highest BCUT2D eigenvalue weighted by atomic mass is 16.5. The highest BCUT2D eigenvalue weighted by Crippen LogP contribution is 2.35. The number of rotatable bonds is 0. The van der Waals surface area contributed by atoms with Crippen LogP contribution in [-0.2, 0) is 0 Å². The Bertz CT molecular complexity index is 417. The summed E-state index contributed by atoms with van der Waals surface area (Å²) < 4.78 is 5.69. The Labute approximate surface area is 90.5 Å². The molecule has 0 spiro atoms. The molecule has 0 bridgehead atoms. The van der Waals surface area contributed by atoms with Gasteiger partial charge < -0.3 is 4.74 Å². The van der Waals surface area contributed by atoms with E-state index in [-0.39, 0.29) is 5.92 Å². The Hall–Kier alpha value is -1.49. The van der Waals surface area contributed by atoms with E-state index in [1.165, 1.54) is 11.1 Å². The van der Waals surface area contributed by atoms with Gasteiger partial charge in [-0.3, -0.25) is 0 Å². The van der Waals surface area contributed by atoms with E-state index in [1.807, 2.05) is 6.07 Å². The molecule has 0 radical (unpaired) electrons. The van der Waals surface area contributed by atoms with Crippen molar-refractivity contribution in [1.82, 2.24) is 0 Å². The zero-order chi connectivity index (χ0) is 10.8. The van der Waals surface area contributed by atoms with Gasteiger partial charge in [0.25, 0.3) is 0 Å². The van der Waals surface area contributed by atoms with Crippen LogP contribution in [0.5, 0.6) is 5.75 Å². The molecule has 0 aromatic heterocycles. The summed E-state index contributed by atoms with van der Waals surface area (Å²) in [5.74, 6) is 0.916. The zero-order valence-electron chi connectivity index (χ0n) is 9.21. The van der Waals surface area contributed by atoms with Crippen molar-refractivity contribution >= 4 is 0 Å². The van der Waals surface area contributed by atoms with Crippen LogP contribution < -0.4 is 4.74 Å². The average molecular weight is 201 g/mol. The Kier molecular flexibility index (Phi) is 2.64. The lowest BCUT2D eigenvalue weighted by Crippen LogP contribution is -1.99. The molecule has 1 heterocycles. The van der Waals surface area contributed by atoms with E-state index in [2.05, 4.69) is 26.0 Å². The standard InChI is InChI=1S/C13H15NO/c1-9-6-10(2)13-11(8-14)4-3-5-15-12(13)7-9/h6-7,11H,3-5H2,1-2H3. The molecule has 2 nitrogen and oxygen atoms in total. The molecule has 2 rings (SSSR count). The fourth-order valence-electron chi connectivity index (χ4n) is 2.25. The Morgan fingerprint density at radius 1 is 1.40 bits per heavy atom. The number of fused-ring (bicyclic) bond motifs is 1. The SMILES string of the molecule is Cc1cc(C)c2c(c1)OCCCC2C#N. The summed E-state index contributed by atoms with van der Waals surface area (Å²) >= 11 is 0. The number of benzene rings is 1. The van der Waals surface area contributed by atoms with E-state index in [0.29, 0.717) is 0 Å². The number of hydrogen-bond donors (Lipinski definition) is 0. The van der Waals surface area contributed by atoms with Crippen molar-refractivity contribution in [2.24, 2.45) is 0 Å². The lowest BCUT2D eigenvalue weighted by atomic mass is 9.91. The minimum absolute atomic E-state index is 0.00287. The summed E-state index contributed by atoms with van der Waals surface area (Å²) in [5.41, 5.74) is 3.48. The lowest BCUT2D eigenvalue weighted by Gasteiger charge is -2.14. The second kappa shape index (κ2) is 3.94. The summed E-state index contributed by atoms with van der Waals surface area (Å²) in [6, 6.07) is 6.54. The van der Waals surface area contributed by atoms with Gasteiger partial charge in [0.15, 0.2) is 0 Å². The van der Waals surface area contributed by atoms with Crippen LogP contribution in [-0.4, -0.2) is 6.61 Å². The van der Waals surface area contributed by atoms with Crippen molar-refractivity contribution < 1.29 is 4.74 Å².